The number of rotatable bonds is 3. The second-order valence-corrected chi connectivity index (χ2v) is 6.37. The highest BCUT2D eigenvalue weighted by atomic mass is 19.4. The van der Waals surface area contributed by atoms with Crippen molar-refractivity contribution in [2.24, 2.45) is 7.05 Å². The van der Waals surface area contributed by atoms with E-state index in [2.05, 4.69) is 20.5 Å². The molecule has 29 heavy (non-hydrogen) atoms. The van der Waals surface area contributed by atoms with Crippen molar-refractivity contribution < 1.29 is 18.0 Å². The Bertz CT molecular complexity index is 1220. The van der Waals surface area contributed by atoms with Crippen molar-refractivity contribution in [2.75, 3.05) is 5.32 Å². The first-order valence-electron chi connectivity index (χ1n) is 8.58. The van der Waals surface area contributed by atoms with Crippen molar-refractivity contribution >= 4 is 17.4 Å². The first-order valence-corrected chi connectivity index (χ1v) is 8.58. The van der Waals surface area contributed by atoms with Gasteiger partial charge in [-0.05, 0) is 25.1 Å². The maximum Gasteiger partial charge on any atom is 0.417 e. The smallest absolute Gasteiger partial charge is 0.305 e. The fourth-order valence-corrected chi connectivity index (χ4v) is 3.07. The fraction of sp³-hybridized carbons (Fsp3) is 0.158. The molecule has 4 rings (SSSR count). The molecule has 1 N–H and O–H groups in total. The Labute approximate surface area is 162 Å². The Kier molecular flexibility index (Phi) is 4.33. The zero-order valence-electron chi connectivity index (χ0n) is 15.4. The van der Waals surface area contributed by atoms with E-state index in [4.69, 9.17) is 0 Å². The lowest BCUT2D eigenvalue weighted by molar-refractivity contribution is -0.137. The van der Waals surface area contributed by atoms with Crippen LogP contribution in [0.2, 0.25) is 0 Å². The second kappa shape index (κ2) is 6.73. The van der Waals surface area contributed by atoms with Crippen molar-refractivity contribution in [3.8, 4) is 11.3 Å². The van der Waals surface area contributed by atoms with Crippen LogP contribution in [0.25, 0.3) is 16.9 Å². The Morgan fingerprint density at radius 2 is 1.86 bits per heavy atom. The fourth-order valence-electron chi connectivity index (χ4n) is 3.07. The van der Waals surface area contributed by atoms with Crippen molar-refractivity contribution in [1.82, 2.24) is 24.4 Å². The first-order chi connectivity index (χ1) is 13.8. The number of carbonyl (C=O) groups excluding carboxylic acids is 1. The number of halogens is 3. The molecular formula is C19H15F3N6O. The molecule has 0 spiro atoms. The van der Waals surface area contributed by atoms with Crippen LogP contribution in [0, 0.1) is 6.92 Å². The van der Waals surface area contributed by atoms with Crippen LogP contribution in [0.15, 0.2) is 48.7 Å². The average Bonchev–Trinajstić information content (AvgIpc) is 3.22. The summed E-state index contributed by atoms with van der Waals surface area (Å²) in [7, 11) is 1.67. The number of aromatic nitrogens is 5. The minimum Gasteiger partial charge on any atom is -0.305 e. The quantitative estimate of drug-likeness (QED) is 0.569. The minimum atomic E-state index is -4.53. The molecular weight excluding hydrogens is 385 g/mol. The largest absolute Gasteiger partial charge is 0.417 e. The number of alkyl halides is 3. The lowest BCUT2D eigenvalue weighted by Gasteiger charge is -2.12. The van der Waals surface area contributed by atoms with Gasteiger partial charge < -0.3 is 5.32 Å². The maximum absolute atomic E-state index is 13.4. The van der Waals surface area contributed by atoms with Crippen LogP contribution in [-0.2, 0) is 13.2 Å². The Hall–Kier alpha value is -3.69. The molecule has 0 unspecified atom stereocenters. The van der Waals surface area contributed by atoms with Gasteiger partial charge in [-0.3, -0.25) is 9.48 Å². The van der Waals surface area contributed by atoms with Crippen LogP contribution >= 0.6 is 0 Å². The molecule has 0 saturated carbocycles. The van der Waals surface area contributed by atoms with E-state index < -0.39 is 17.6 Å². The van der Waals surface area contributed by atoms with Gasteiger partial charge in [0, 0.05) is 18.7 Å². The van der Waals surface area contributed by atoms with Crippen LogP contribution < -0.4 is 5.32 Å². The Morgan fingerprint density at radius 3 is 2.55 bits per heavy atom. The summed E-state index contributed by atoms with van der Waals surface area (Å²) in [6, 6.07) is 9.77. The van der Waals surface area contributed by atoms with Crippen LogP contribution in [-0.4, -0.2) is 30.3 Å². The van der Waals surface area contributed by atoms with Gasteiger partial charge in [0.25, 0.3) is 5.91 Å². The maximum atomic E-state index is 13.4. The molecule has 0 radical (unpaired) electrons. The SMILES string of the molecule is Cc1nc2ccc(-c3ccccc3C(F)(F)F)nn2c1C(=O)Nc1ccnn1C. The highest BCUT2D eigenvalue weighted by Gasteiger charge is 2.34. The second-order valence-electron chi connectivity index (χ2n) is 6.37. The number of nitrogens with one attached hydrogen (secondary N) is 1. The van der Waals surface area contributed by atoms with Crippen LogP contribution in [0.1, 0.15) is 21.7 Å². The number of hydrogen-bond donors (Lipinski definition) is 1. The van der Waals surface area contributed by atoms with E-state index in [9.17, 15) is 18.0 Å². The molecule has 0 bridgehead atoms. The van der Waals surface area contributed by atoms with Crippen molar-refractivity contribution in [2.45, 2.75) is 13.1 Å². The van der Waals surface area contributed by atoms with Crippen molar-refractivity contribution in [1.29, 1.82) is 0 Å². The molecule has 7 nitrogen and oxygen atoms in total. The molecule has 0 aliphatic carbocycles. The number of benzene rings is 1. The normalized spacial score (nSPS) is 11.8. The lowest BCUT2D eigenvalue weighted by atomic mass is 10.0. The third-order valence-corrected chi connectivity index (χ3v) is 4.44. The molecule has 148 valence electrons. The first kappa shape index (κ1) is 18.7. The molecule has 3 heterocycles. The van der Waals surface area contributed by atoms with E-state index in [0.717, 1.165) is 6.07 Å². The van der Waals surface area contributed by atoms with E-state index in [1.165, 1.54) is 45.7 Å². The predicted octanol–water partition coefficient (Wildman–Crippen LogP) is 3.71. The van der Waals surface area contributed by atoms with E-state index in [1.54, 1.807) is 20.0 Å². The molecule has 4 aromatic rings. The molecule has 3 aromatic heterocycles. The summed E-state index contributed by atoms with van der Waals surface area (Å²) in [6.45, 7) is 1.64. The number of imidazole rings is 1. The number of amides is 1. The topological polar surface area (TPSA) is 77.1 Å². The Balaban J connectivity index is 1.82. The summed E-state index contributed by atoms with van der Waals surface area (Å²) in [4.78, 5) is 17.1. The summed E-state index contributed by atoms with van der Waals surface area (Å²) in [6.07, 6.45) is -3.00. The van der Waals surface area contributed by atoms with Gasteiger partial charge in [-0.25, -0.2) is 9.50 Å². The molecule has 10 heteroatoms. The van der Waals surface area contributed by atoms with E-state index >= 15 is 0 Å². The summed E-state index contributed by atoms with van der Waals surface area (Å²) < 4.78 is 42.9. The predicted molar refractivity (Wildman–Crippen MR) is 99.3 cm³/mol. The highest BCUT2D eigenvalue weighted by molar-refractivity contribution is 6.03. The molecule has 0 fully saturated rings. The summed E-state index contributed by atoms with van der Waals surface area (Å²) in [5.74, 6) is -0.0321. The standard InChI is InChI=1S/C19H15F3N6O/c1-11-17(18(29)25-15-9-10-23-27(15)2)28-16(24-11)8-7-14(26-28)12-5-3-4-6-13(12)19(20,21)22/h3-10H,1-2H3,(H,25,29). The molecule has 0 atom stereocenters. The van der Waals surface area contributed by atoms with E-state index in [0.29, 0.717) is 17.2 Å². The Morgan fingerprint density at radius 1 is 1.10 bits per heavy atom. The van der Waals surface area contributed by atoms with Crippen molar-refractivity contribution in [3.63, 3.8) is 0 Å². The van der Waals surface area contributed by atoms with Crippen molar-refractivity contribution in [3.05, 3.63) is 65.6 Å². The van der Waals surface area contributed by atoms with Gasteiger partial charge in [-0.2, -0.15) is 23.4 Å². The van der Waals surface area contributed by atoms with Gasteiger partial charge in [0.15, 0.2) is 11.3 Å². The number of anilines is 1. The third-order valence-electron chi connectivity index (χ3n) is 4.44. The lowest BCUT2D eigenvalue weighted by Crippen LogP contribution is -2.18. The van der Waals surface area contributed by atoms with E-state index in [-0.39, 0.29) is 17.0 Å². The number of carbonyl (C=O) groups is 1. The van der Waals surface area contributed by atoms with Gasteiger partial charge in [-0.1, -0.05) is 18.2 Å². The monoisotopic (exact) mass is 400 g/mol. The van der Waals surface area contributed by atoms with Gasteiger partial charge in [0.1, 0.15) is 5.82 Å². The van der Waals surface area contributed by atoms with Gasteiger partial charge in [-0.15, -0.1) is 0 Å². The third kappa shape index (κ3) is 3.33. The number of fused-ring (bicyclic) bond motifs is 1. The molecule has 0 aliphatic rings. The van der Waals surface area contributed by atoms with E-state index in [1.807, 2.05) is 0 Å². The van der Waals surface area contributed by atoms with Gasteiger partial charge in [0.05, 0.1) is 23.1 Å². The summed E-state index contributed by atoms with van der Waals surface area (Å²) >= 11 is 0. The zero-order valence-corrected chi connectivity index (χ0v) is 15.4. The van der Waals surface area contributed by atoms with Gasteiger partial charge in [0.2, 0.25) is 0 Å². The molecule has 0 aliphatic heterocycles. The van der Waals surface area contributed by atoms with Gasteiger partial charge >= 0.3 is 6.18 Å². The van der Waals surface area contributed by atoms with Crippen LogP contribution in [0.3, 0.4) is 0 Å². The minimum absolute atomic E-state index is 0.0776. The number of aryl methyl sites for hydroxylation is 2. The summed E-state index contributed by atoms with van der Waals surface area (Å²) in [5, 5.41) is 11.0. The molecule has 1 amide bonds. The number of hydrogen-bond acceptors (Lipinski definition) is 4. The molecule has 1 aromatic carbocycles. The summed E-state index contributed by atoms with van der Waals surface area (Å²) in [5.41, 5.74) is 0.0880. The average molecular weight is 400 g/mol. The molecule has 0 saturated heterocycles. The number of nitrogens with zero attached hydrogens (tertiary/aromatic N) is 5. The van der Waals surface area contributed by atoms with Crippen LogP contribution in [0.4, 0.5) is 19.0 Å². The van der Waals surface area contributed by atoms with Crippen LogP contribution in [0.5, 0.6) is 0 Å². The highest BCUT2D eigenvalue weighted by Crippen LogP contribution is 2.36. The zero-order chi connectivity index (χ0) is 20.8.